The van der Waals surface area contributed by atoms with Crippen LogP contribution < -0.4 is 10.2 Å². The fraction of sp³-hybridized carbons (Fsp3) is 0.522. The van der Waals surface area contributed by atoms with Crippen molar-refractivity contribution in [1.29, 1.82) is 0 Å². The van der Waals surface area contributed by atoms with Gasteiger partial charge in [-0.25, -0.2) is 9.97 Å². The van der Waals surface area contributed by atoms with Gasteiger partial charge in [0.15, 0.2) is 0 Å². The van der Waals surface area contributed by atoms with Gasteiger partial charge >= 0.3 is 0 Å². The Bertz CT molecular complexity index is 980. The summed E-state index contributed by atoms with van der Waals surface area (Å²) in [6.07, 6.45) is 11.1. The zero-order valence-corrected chi connectivity index (χ0v) is 18.0. The van der Waals surface area contributed by atoms with Crippen LogP contribution in [-0.4, -0.2) is 56.6 Å². The fourth-order valence-electron chi connectivity index (χ4n) is 4.73. The summed E-state index contributed by atoms with van der Waals surface area (Å²) in [5.41, 5.74) is 2.19. The van der Waals surface area contributed by atoms with E-state index in [0.29, 0.717) is 18.0 Å². The number of rotatable bonds is 5. The lowest BCUT2D eigenvalue weighted by Gasteiger charge is -2.38. The number of hydrogen-bond acceptors (Lipinski definition) is 6. The average molecular weight is 406 g/mol. The standard InChI is InChI=1S/C23H31N7/c1-17(2)28-11-13-29(14-12-28)20-7-8-21(24-16-20)26-23-25-15-18-9-10-30(22(18)27-23)19-5-3-4-6-19/h7-10,15-17,19H,3-6,11-14H2,1-2H3,(H,24,25,26,27). The number of fused-ring (bicyclic) bond motifs is 1. The molecule has 1 saturated heterocycles. The average Bonchev–Trinajstić information content (AvgIpc) is 3.44. The van der Waals surface area contributed by atoms with Crippen LogP contribution in [0.4, 0.5) is 17.5 Å². The summed E-state index contributed by atoms with van der Waals surface area (Å²) in [6.45, 7) is 8.83. The maximum absolute atomic E-state index is 4.80. The molecule has 0 bridgehead atoms. The van der Waals surface area contributed by atoms with Crippen molar-refractivity contribution < 1.29 is 0 Å². The molecule has 0 amide bonds. The molecular weight excluding hydrogens is 374 g/mol. The van der Waals surface area contributed by atoms with Crippen LogP contribution >= 0.6 is 0 Å². The zero-order valence-electron chi connectivity index (χ0n) is 18.0. The summed E-state index contributed by atoms with van der Waals surface area (Å²) in [5, 5.41) is 4.38. The molecule has 1 aliphatic heterocycles. The molecule has 7 nitrogen and oxygen atoms in total. The molecule has 30 heavy (non-hydrogen) atoms. The van der Waals surface area contributed by atoms with Crippen LogP contribution in [0.15, 0.2) is 36.8 Å². The second-order valence-corrected chi connectivity index (χ2v) is 8.78. The quantitative estimate of drug-likeness (QED) is 0.686. The van der Waals surface area contributed by atoms with Crippen molar-refractivity contribution in [2.24, 2.45) is 0 Å². The van der Waals surface area contributed by atoms with Gasteiger partial charge in [0.1, 0.15) is 11.5 Å². The molecule has 5 rings (SSSR count). The minimum Gasteiger partial charge on any atom is -0.368 e. The van der Waals surface area contributed by atoms with Gasteiger partial charge in [-0.2, -0.15) is 4.98 Å². The van der Waals surface area contributed by atoms with E-state index >= 15 is 0 Å². The number of hydrogen-bond donors (Lipinski definition) is 1. The van der Waals surface area contributed by atoms with Crippen LogP contribution in [0.25, 0.3) is 11.0 Å². The first-order valence-electron chi connectivity index (χ1n) is 11.2. The molecule has 1 saturated carbocycles. The van der Waals surface area contributed by atoms with E-state index < -0.39 is 0 Å². The Balaban J connectivity index is 1.28. The maximum atomic E-state index is 4.80. The van der Waals surface area contributed by atoms with E-state index in [4.69, 9.17) is 4.98 Å². The van der Waals surface area contributed by atoms with E-state index in [-0.39, 0.29) is 0 Å². The molecule has 0 unspecified atom stereocenters. The largest absolute Gasteiger partial charge is 0.368 e. The zero-order chi connectivity index (χ0) is 20.5. The van der Waals surface area contributed by atoms with Crippen molar-refractivity contribution in [3.63, 3.8) is 0 Å². The number of aromatic nitrogens is 4. The number of nitrogens with one attached hydrogen (secondary N) is 1. The van der Waals surface area contributed by atoms with Crippen molar-refractivity contribution >= 4 is 28.5 Å². The molecule has 158 valence electrons. The summed E-state index contributed by atoms with van der Waals surface area (Å²) < 4.78 is 2.32. The van der Waals surface area contributed by atoms with Gasteiger partial charge in [-0.1, -0.05) is 12.8 Å². The molecule has 3 aromatic heterocycles. The monoisotopic (exact) mass is 405 g/mol. The van der Waals surface area contributed by atoms with Crippen molar-refractivity contribution in [2.45, 2.75) is 51.6 Å². The van der Waals surface area contributed by atoms with E-state index in [1.165, 1.54) is 31.4 Å². The molecule has 3 aromatic rings. The number of anilines is 3. The van der Waals surface area contributed by atoms with Gasteiger partial charge in [0.25, 0.3) is 0 Å². The molecule has 7 heteroatoms. The second-order valence-electron chi connectivity index (χ2n) is 8.78. The summed E-state index contributed by atoms with van der Waals surface area (Å²) >= 11 is 0. The third-order valence-electron chi connectivity index (χ3n) is 6.57. The third kappa shape index (κ3) is 3.86. The van der Waals surface area contributed by atoms with Crippen molar-refractivity contribution in [3.8, 4) is 0 Å². The van der Waals surface area contributed by atoms with E-state index in [1.807, 2.05) is 18.5 Å². The lowest BCUT2D eigenvalue weighted by Crippen LogP contribution is -2.48. The van der Waals surface area contributed by atoms with E-state index in [9.17, 15) is 0 Å². The van der Waals surface area contributed by atoms with Crippen LogP contribution in [0.2, 0.25) is 0 Å². The Morgan fingerprint density at radius 1 is 0.967 bits per heavy atom. The molecular formula is C23H31N7. The van der Waals surface area contributed by atoms with E-state index in [1.54, 1.807) is 0 Å². The lowest BCUT2D eigenvalue weighted by molar-refractivity contribution is 0.209. The number of pyridine rings is 1. The van der Waals surface area contributed by atoms with Crippen molar-refractivity contribution in [2.75, 3.05) is 36.4 Å². The minimum atomic E-state index is 0.568. The summed E-state index contributed by atoms with van der Waals surface area (Å²) in [7, 11) is 0. The highest BCUT2D eigenvalue weighted by Crippen LogP contribution is 2.32. The molecule has 1 aliphatic carbocycles. The van der Waals surface area contributed by atoms with Gasteiger partial charge in [-0.15, -0.1) is 0 Å². The fourth-order valence-corrected chi connectivity index (χ4v) is 4.73. The van der Waals surface area contributed by atoms with E-state index in [0.717, 1.165) is 43.0 Å². The minimum absolute atomic E-state index is 0.568. The van der Waals surface area contributed by atoms with Gasteiger partial charge in [-0.05, 0) is 44.9 Å². The summed E-state index contributed by atoms with van der Waals surface area (Å²) in [6, 6.07) is 7.46. The van der Waals surface area contributed by atoms with Crippen molar-refractivity contribution in [3.05, 3.63) is 36.8 Å². The SMILES string of the molecule is CC(C)N1CCN(c2ccc(Nc3ncc4ccn(C5CCCC5)c4n3)nc2)CC1. The maximum Gasteiger partial charge on any atom is 0.230 e. The van der Waals surface area contributed by atoms with Gasteiger partial charge in [-0.3, -0.25) is 4.90 Å². The Morgan fingerprint density at radius 2 is 1.77 bits per heavy atom. The van der Waals surface area contributed by atoms with Gasteiger partial charge < -0.3 is 14.8 Å². The Labute approximate surface area is 178 Å². The second kappa shape index (κ2) is 8.22. The third-order valence-corrected chi connectivity index (χ3v) is 6.57. The molecule has 0 aromatic carbocycles. The topological polar surface area (TPSA) is 62.1 Å². The van der Waals surface area contributed by atoms with Gasteiger partial charge in [0, 0.05) is 56.0 Å². The Kier molecular flexibility index (Phi) is 5.29. The first kappa shape index (κ1) is 19.3. The number of nitrogens with zero attached hydrogens (tertiary/aromatic N) is 6. The smallest absolute Gasteiger partial charge is 0.230 e. The highest BCUT2D eigenvalue weighted by Gasteiger charge is 2.20. The molecule has 4 heterocycles. The lowest BCUT2D eigenvalue weighted by atomic mass is 10.2. The first-order chi connectivity index (χ1) is 14.7. The van der Waals surface area contributed by atoms with Crippen molar-refractivity contribution in [1.82, 2.24) is 24.4 Å². The molecule has 0 atom stereocenters. The molecule has 2 fully saturated rings. The normalized spacial score (nSPS) is 18.6. The van der Waals surface area contributed by atoms with Gasteiger partial charge in [0.05, 0.1) is 11.9 Å². The Morgan fingerprint density at radius 3 is 2.47 bits per heavy atom. The molecule has 0 spiro atoms. The number of piperazine rings is 1. The predicted molar refractivity (Wildman–Crippen MR) is 121 cm³/mol. The summed E-state index contributed by atoms with van der Waals surface area (Å²) in [4.78, 5) is 18.8. The molecule has 0 radical (unpaired) electrons. The molecule has 2 aliphatic rings. The van der Waals surface area contributed by atoms with Crippen LogP contribution in [0.5, 0.6) is 0 Å². The first-order valence-corrected chi connectivity index (χ1v) is 11.2. The van der Waals surface area contributed by atoms with Crippen LogP contribution in [-0.2, 0) is 0 Å². The Hall–Kier alpha value is -2.67. The van der Waals surface area contributed by atoms with E-state index in [2.05, 4.69) is 61.8 Å². The predicted octanol–water partition coefficient (Wildman–Crippen LogP) is 4.22. The highest BCUT2D eigenvalue weighted by atomic mass is 15.3. The summed E-state index contributed by atoms with van der Waals surface area (Å²) in [5.74, 6) is 1.38. The molecule has 1 N–H and O–H groups in total. The highest BCUT2D eigenvalue weighted by molar-refractivity contribution is 5.77. The van der Waals surface area contributed by atoms with Crippen LogP contribution in [0, 0.1) is 0 Å². The van der Waals surface area contributed by atoms with Crippen LogP contribution in [0.3, 0.4) is 0 Å². The van der Waals surface area contributed by atoms with Crippen LogP contribution in [0.1, 0.15) is 45.6 Å². The van der Waals surface area contributed by atoms with Gasteiger partial charge in [0.2, 0.25) is 5.95 Å².